The van der Waals surface area contributed by atoms with E-state index in [9.17, 15) is 14.0 Å². The number of ether oxygens (including phenoxy) is 1. The van der Waals surface area contributed by atoms with Crippen molar-refractivity contribution in [1.82, 2.24) is 10.6 Å². The van der Waals surface area contributed by atoms with E-state index in [4.69, 9.17) is 4.74 Å². The molecule has 1 aromatic heterocycles. The summed E-state index contributed by atoms with van der Waals surface area (Å²) in [5.74, 6) is -0.295. The number of thiophene rings is 1. The molecule has 150 valence electrons. The van der Waals surface area contributed by atoms with Crippen molar-refractivity contribution in [3.05, 3.63) is 52.0 Å². The summed E-state index contributed by atoms with van der Waals surface area (Å²) in [7, 11) is 1.43. The van der Waals surface area contributed by atoms with Crippen LogP contribution in [0.4, 0.5) is 4.39 Å². The van der Waals surface area contributed by atoms with E-state index in [1.807, 2.05) is 24.4 Å². The Hall–Kier alpha value is -2.41. The van der Waals surface area contributed by atoms with Crippen molar-refractivity contribution in [2.75, 3.05) is 7.11 Å². The SMILES string of the molecule is COc1cc(C[C@@]2(CCC(=O)N[C@H](C)c3cccs3)CCC(=O)N2)ccc1F. The molecular formula is C21H25FN2O3S. The predicted molar refractivity (Wildman–Crippen MR) is 107 cm³/mol. The van der Waals surface area contributed by atoms with Gasteiger partial charge in [-0.15, -0.1) is 11.3 Å². The highest BCUT2D eigenvalue weighted by atomic mass is 32.1. The third-order valence-electron chi connectivity index (χ3n) is 5.17. The first-order valence-electron chi connectivity index (χ1n) is 9.37. The first-order chi connectivity index (χ1) is 13.4. The van der Waals surface area contributed by atoms with Crippen LogP contribution in [0.25, 0.3) is 0 Å². The number of nitrogens with one attached hydrogen (secondary N) is 2. The molecule has 3 rings (SSSR count). The second-order valence-electron chi connectivity index (χ2n) is 7.28. The van der Waals surface area contributed by atoms with Crippen LogP contribution in [0.1, 0.15) is 49.1 Å². The quantitative estimate of drug-likeness (QED) is 0.704. The zero-order valence-corrected chi connectivity index (χ0v) is 16.9. The molecular weight excluding hydrogens is 379 g/mol. The van der Waals surface area contributed by atoms with E-state index >= 15 is 0 Å². The van der Waals surface area contributed by atoms with E-state index in [1.54, 1.807) is 23.5 Å². The smallest absolute Gasteiger partial charge is 0.220 e. The second-order valence-corrected chi connectivity index (χ2v) is 8.26. The Balaban J connectivity index is 1.65. The lowest BCUT2D eigenvalue weighted by Gasteiger charge is -2.29. The predicted octanol–water partition coefficient (Wildman–Crippen LogP) is 3.74. The molecule has 0 saturated carbocycles. The van der Waals surface area contributed by atoms with Gasteiger partial charge in [-0.05, 0) is 55.3 Å². The van der Waals surface area contributed by atoms with Crippen LogP contribution >= 0.6 is 11.3 Å². The minimum absolute atomic E-state index is 0.0126. The van der Waals surface area contributed by atoms with Gasteiger partial charge in [0.05, 0.1) is 13.2 Å². The lowest BCUT2D eigenvalue weighted by atomic mass is 9.85. The number of rotatable bonds is 8. The van der Waals surface area contributed by atoms with Crippen LogP contribution in [0, 0.1) is 5.82 Å². The maximum Gasteiger partial charge on any atom is 0.220 e. The molecule has 0 unspecified atom stereocenters. The van der Waals surface area contributed by atoms with Crippen molar-refractivity contribution in [2.24, 2.45) is 0 Å². The maximum absolute atomic E-state index is 13.7. The van der Waals surface area contributed by atoms with E-state index in [2.05, 4.69) is 10.6 Å². The highest BCUT2D eigenvalue weighted by Crippen LogP contribution is 2.31. The van der Waals surface area contributed by atoms with Crippen LogP contribution < -0.4 is 15.4 Å². The third-order valence-corrected chi connectivity index (χ3v) is 6.23. The Morgan fingerprint density at radius 1 is 1.43 bits per heavy atom. The molecule has 0 bridgehead atoms. The average Bonchev–Trinajstić information content (AvgIpc) is 3.32. The number of methoxy groups -OCH3 is 1. The molecule has 2 aromatic rings. The summed E-state index contributed by atoms with van der Waals surface area (Å²) in [5, 5.41) is 8.05. The molecule has 1 aliphatic heterocycles. The van der Waals surface area contributed by atoms with Crippen molar-refractivity contribution >= 4 is 23.2 Å². The molecule has 7 heteroatoms. The first-order valence-corrected chi connectivity index (χ1v) is 10.2. The van der Waals surface area contributed by atoms with Crippen molar-refractivity contribution in [2.45, 2.75) is 50.6 Å². The van der Waals surface area contributed by atoms with Crippen LogP contribution in [-0.4, -0.2) is 24.5 Å². The highest BCUT2D eigenvalue weighted by Gasteiger charge is 2.38. The van der Waals surface area contributed by atoms with Crippen LogP contribution in [0.2, 0.25) is 0 Å². The largest absolute Gasteiger partial charge is 0.494 e. The fourth-order valence-corrected chi connectivity index (χ4v) is 4.40. The van der Waals surface area contributed by atoms with Crippen molar-refractivity contribution in [3.8, 4) is 5.75 Å². The Labute approximate surface area is 168 Å². The number of halogens is 1. The number of carbonyl (C=O) groups is 2. The van der Waals surface area contributed by atoms with E-state index in [-0.39, 0.29) is 23.6 Å². The zero-order chi connectivity index (χ0) is 20.1. The molecule has 1 saturated heterocycles. The Kier molecular flexibility index (Phi) is 6.34. The minimum Gasteiger partial charge on any atom is -0.494 e. The molecule has 2 amide bonds. The third kappa shape index (κ3) is 4.90. The van der Waals surface area contributed by atoms with Gasteiger partial charge in [0.25, 0.3) is 0 Å². The first kappa shape index (κ1) is 20.3. The number of carbonyl (C=O) groups excluding carboxylic acids is 2. The summed E-state index contributed by atoms with van der Waals surface area (Å²) < 4.78 is 18.7. The molecule has 1 aliphatic rings. The van der Waals surface area contributed by atoms with Crippen LogP contribution in [0.15, 0.2) is 35.7 Å². The number of amides is 2. The standard InChI is InChI=1S/C21H25FN2O3S/c1-14(18-4-3-11-28-18)23-19(25)7-9-21(10-8-20(26)24-21)13-15-5-6-16(22)17(12-15)27-2/h3-6,11-12,14H,7-10,13H2,1-2H3,(H,23,25)(H,24,26)/t14-,21-/m1/s1. The Morgan fingerprint density at radius 2 is 2.25 bits per heavy atom. The summed E-state index contributed by atoms with van der Waals surface area (Å²) in [4.78, 5) is 25.5. The number of hydrogen-bond acceptors (Lipinski definition) is 4. The summed E-state index contributed by atoms with van der Waals surface area (Å²) in [6.07, 6.45) is 2.46. The summed E-state index contributed by atoms with van der Waals surface area (Å²) >= 11 is 1.61. The van der Waals surface area contributed by atoms with Gasteiger partial charge in [-0.2, -0.15) is 0 Å². The zero-order valence-electron chi connectivity index (χ0n) is 16.1. The summed E-state index contributed by atoms with van der Waals surface area (Å²) in [6, 6.07) is 8.64. The van der Waals surface area contributed by atoms with Crippen LogP contribution in [0.3, 0.4) is 0 Å². The summed E-state index contributed by atoms with van der Waals surface area (Å²) in [6.45, 7) is 1.96. The molecule has 2 N–H and O–H groups in total. The van der Waals surface area contributed by atoms with Gasteiger partial charge < -0.3 is 15.4 Å². The van der Waals surface area contributed by atoms with Gasteiger partial charge in [0.2, 0.25) is 11.8 Å². The lowest BCUT2D eigenvalue weighted by Crippen LogP contribution is -2.44. The van der Waals surface area contributed by atoms with Gasteiger partial charge in [0.1, 0.15) is 0 Å². The van der Waals surface area contributed by atoms with Gasteiger partial charge in [0, 0.05) is 23.3 Å². The van der Waals surface area contributed by atoms with E-state index in [1.165, 1.54) is 13.2 Å². The molecule has 0 spiro atoms. The molecule has 0 radical (unpaired) electrons. The highest BCUT2D eigenvalue weighted by molar-refractivity contribution is 7.10. The second kappa shape index (κ2) is 8.73. The van der Waals surface area contributed by atoms with Crippen molar-refractivity contribution in [1.29, 1.82) is 0 Å². The molecule has 2 heterocycles. The topological polar surface area (TPSA) is 67.4 Å². The molecule has 2 atom stereocenters. The Morgan fingerprint density at radius 3 is 2.89 bits per heavy atom. The van der Waals surface area contributed by atoms with Gasteiger partial charge in [0.15, 0.2) is 11.6 Å². The van der Waals surface area contributed by atoms with E-state index in [0.717, 1.165) is 10.4 Å². The lowest BCUT2D eigenvalue weighted by molar-refractivity contribution is -0.123. The molecule has 1 fully saturated rings. The fraction of sp³-hybridized carbons (Fsp3) is 0.429. The van der Waals surface area contributed by atoms with E-state index in [0.29, 0.717) is 32.1 Å². The molecule has 0 aliphatic carbocycles. The molecule has 1 aromatic carbocycles. The maximum atomic E-state index is 13.7. The monoisotopic (exact) mass is 404 g/mol. The van der Waals surface area contributed by atoms with Gasteiger partial charge in [-0.1, -0.05) is 12.1 Å². The van der Waals surface area contributed by atoms with Gasteiger partial charge >= 0.3 is 0 Å². The van der Waals surface area contributed by atoms with Gasteiger partial charge in [-0.3, -0.25) is 9.59 Å². The number of hydrogen-bond donors (Lipinski definition) is 2. The molecule has 5 nitrogen and oxygen atoms in total. The van der Waals surface area contributed by atoms with Crippen molar-refractivity contribution in [3.63, 3.8) is 0 Å². The minimum atomic E-state index is -0.497. The average molecular weight is 405 g/mol. The normalized spacial score (nSPS) is 19.9. The van der Waals surface area contributed by atoms with E-state index < -0.39 is 11.4 Å². The summed E-state index contributed by atoms with van der Waals surface area (Å²) in [5.41, 5.74) is 0.372. The van der Waals surface area contributed by atoms with Crippen LogP contribution in [0.5, 0.6) is 5.75 Å². The Bertz CT molecular complexity index is 840. The molecule has 28 heavy (non-hydrogen) atoms. The fourth-order valence-electron chi connectivity index (χ4n) is 3.66. The van der Waals surface area contributed by atoms with Crippen molar-refractivity contribution < 1.29 is 18.7 Å². The van der Waals surface area contributed by atoms with Gasteiger partial charge in [-0.25, -0.2) is 4.39 Å². The van der Waals surface area contributed by atoms with Crippen LogP contribution in [-0.2, 0) is 16.0 Å². The number of benzene rings is 1.